The summed E-state index contributed by atoms with van der Waals surface area (Å²) in [6, 6.07) is 38.4. The van der Waals surface area contributed by atoms with Crippen molar-refractivity contribution in [3.05, 3.63) is 125 Å². The Labute approximate surface area is 193 Å². The molecule has 168 valence electrons. The van der Waals surface area contributed by atoms with E-state index in [9.17, 15) is 10.1 Å². The summed E-state index contributed by atoms with van der Waals surface area (Å²) < 4.78 is 34.0. The number of nitro groups is 1. The van der Waals surface area contributed by atoms with Crippen LogP contribution in [0.2, 0.25) is 0 Å². The topological polar surface area (TPSA) is 135 Å². The van der Waals surface area contributed by atoms with Gasteiger partial charge < -0.3 is 0 Å². The molecule has 7 nitrogen and oxygen atoms in total. The van der Waals surface area contributed by atoms with E-state index in [0.29, 0.717) is 0 Å². The number of hydrogen-bond acceptors (Lipinski definition) is 6. The van der Waals surface area contributed by atoms with E-state index in [2.05, 4.69) is 72.8 Å². The van der Waals surface area contributed by atoms with Crippen molar-refractivity contribution < 1.29 is 33.8 Å². The Morgan fingerprint density at radius 1 is 0.515 bits per heavy atom. The summed E-state index contributed by atoms with van der Waals surface area (Å²) in [4.78, 5) is 10.8. The highest BCUT2D eigenvalue weighted by Crippen LogP contribution is 2.54. The molecule has 0 aromatic heterocycles. The second-order valence-electron chi connectivity index (χ2n) is 6.83. The molecule has 4 rings (SSSR count). The van der Waals surface area contributed by atoms with Crippen LogP contribution in [0.1, 0.15) is 0 Å². The van der Waals surface area contributed by atoms with Crippen LogP contribution in [0.3, 0.4) is 0 Å². The van der Waals surface area contributed by atoms with Crippen molar-refractivity contribution in [3.8, 4) is 0 Å². The Balaban J connectivity index is 0.000000555. The van der Waals surface area contributed by atoms with Gasteiger partial charge in [-0.05, 0) is 48.5 Å². The Bertz CT molecular complexity index is 1070. The molecule has 0 unspecified atom stereocenters. The minimum atomic E-state index is -4.94. The molecule has 0 radical (unpaired) electrons. The SMILES string of the molecule is O=[N+]([O-])c1ccc([P+](c2ccccc2)(c2ccccc2)c2ccccc2)cc1.[O-][Cl+3]([O-])([O-])[O-]. The maximum Gasteiger partial charge on any atom is 0.269 e. The van der Waals surface area contributed by atoms with E-state index in [1.165, 1.54) is 15.9 Å². The van der Waals surface area contributed by atoms with Gasteiger partial charge in [-0.25, -0.2) is 18.6 Å². The van der Waals surface area contributed by atoms with Crippen LogP contribution in [0.15, 0.2) is 115 Å². The highest BCUT2D eigenvalue weighted by molar-refractivity contribution is 8.01. The highest BCUT2D eigenvalue weighted by atomic mass is 35.7. The van der Waals surface area contributed by atoms with Crippen molar-refractivity contribution in [2.24, 2.45) is 0 Å². The molecular formula is C24H19ClNO6P. The number of benzene rings is 4. The Kier molecular flexibility index (Phi) is 7.89. The van der Waals surface area contributed by atoms with Crippen molar-refractivity contribution >= 4 is 34.2 Å². The molecule has 0 aliphatic rings. The molecule has 33 heavy (non-hydrogen) atoms. The van der Waals surface area contributed by atoms with E-state index in [-0.39, 0.29) is 10.6 Å². The van der Waals surface area contributed by atoms with E-state index >= 15 is 0 Å². The molecule has 0 atom stereocenters. The van der Waals surface area contributed by atoms with Crippen LogP contribution in [0, 0.1) is 20.4 Å². The first kappa shape index (κ1) is 24.5. The number of rotatable bonds is 5. The molecule has 0 heterocycles. The van der Waals surface area contributed by atoms with Gasteiger partial charge in [0.2, 0.25) is 0 Å². The third kappa shape index (κ3) is 6.00. The summed E-state index contributed by atoms with van der Waals surface area (Å²) in [5, 5.41) is 16.0. The van der Waals surface area contributed by atoms with Crippen LogP contribution in [0.5, 0.6) is 0 Å². The first-order valence-corrected chi connectivity index (χ1v) is 12.7. The summed E-state index contributed by atoms with van der Waals surface area (Å²) in [7, 11) is -7.12. The number of hydrogen-bond donors (Lipinski definition) is 0. The van der Waals surface area contributed by atoms with Crippen molar-refractivity contribution in [2.45, 2.75) is 0 Å². The Morgan fingerprint density at radius 3 is 1.06 bits per heavy atom. The van der Waals surface area contributed by atoms with Gasteiger partial charge in [-0.15, -0.1) is 10.2 Å². The summed E-state index contributed by atoms with van der Waals surface area (Å²) >= 11 is 0. The monoisotopic (exact) mass is 483 g/mol. The zero-order valence-corrected chi connectivity index (χ0v) is 18.8. The molecule has 0 aliphatic heterocycles. The second-order valence-corrected chi connectivity index (χ2v) is 11.0. The first-order chi connectivity index (χ1) is 15.7. The number of halogens is 1. The number of non-ortho nitro benzene ring substituents is 1. The number of nitrogens with zero attached hydrogens (tertiary/aromatic N) is 1. The van der Waals surface area contributed by atoms with Gasteiger partial charge in [-0.1, -0.05) is 54.6 Å². The van der Waals surface area contributed by atoms with Crippen LogP contribution >= 0.6 is 7.26 Å². The molecule has 4 aromatic carbocycles. The van der Waals surface area contributed by atoms with Crippen molar-refractivity contribution in [3.63, 3.8) is 0 Å². The van der Waals surface area contributed by atoms with Gasteiger partial charge in [0, 0.05) is 12.1 Å². The fourth-order valence-corrected chi connectivity index (χ4v) is 7.89. The van der Waals surface area contributed by atoms with Gasteiger partial charge in [0.05, 0.1) is 4.92 Å². The fourth-order valence-electron chi connectivity index (χ4n) is 3.65. The summed E-state index contributed by atoms with van der Waals surface area (Å²) in [5.41, 5.74) is 0.107. The van der Waals surface area contributed by atoms with Gasteiger partial charge >= 0.3 is 0 Å². The maximum absolute atomic E-state index is 11.2. The van der Waals surface area contributed by atoms with Gasteiger partial charge in [-0.3, -0.25) is 10.1 Å². The van der Waals surface area contributed by atoms with Crippen LogP contribution in [-0.2, 0) is 0 Å². The lowest BCUT2D eigenvalue weighted by Crippen LogP contribution is -2.68. The van der Waals surface area contributed by atoms with Gasteiger partial charge in [0.15, 0.2) is 0 Å². The molecule has 0 saturated heterocycles. The van der Waals surface area contributed by atoms with E-state index in [1.54, 1.807) is 12.1 Å². The normalized spacial score (nSPS) is 11.3. The average molecular weight is 484 g/mol. The third-order valence-corrected chi connectivity index (χ3v) is 9.17. The van der Waals surface area contributed by atoms with Crippen molar-refractivity contribution in [2.75, 3.05) is 0 Å². The highest BCUT2D eigenvalue weighted by Gasteiger charge is 2.47. The molecule has 0 fully saturated rings. The molecule has 0 amide bonds. The lowest BCUT2D eigenvalue weighted by molar-refractivity contribution is -2.00. The predicted octanol–water partition coefficient (Wildman–Crippen LogP) is -0.542. The smallest absolute Gasteiger partial charge is 0.258 e. The number of nitro benzene ring substituents is 1. The first-order valence-electron chi connectivity index (χ1n) is 9.65. The molecule has 4 aromatic rings. The van der Waals surface area contributed by atoms with Crippen LogP contribution in [-0.4, -0.2) is 4.92 Å². The molecule has 0 bridgehead atoms. The minimum Gasteiger partial charge on any atom is -0.258 e. The van der Waals surface area contributed by atoms with Gasteiger partial charge in [0.25, 0.3) is 5.69 Å². The summed E-state index contributed by atoms with van der Waals surface area (Å²) in [6.07, 6.45) is 0. The third-order valence-electron chi connectivity index (χ3n) is 4.88. The fraction of sp³-hybridized carbons (Fsp3) is 0. The van der Waals surface area contributed by atoms with E-state index < -0.39 is 17.5 Å². The van der Waals surface area contributed by atoms with Crippen molar-refractivity contribution in [1.82, 2.24) is 0 Å². The van der Waals surface area contributed by atoms with Crippen LogP contribution in [0.4, 0.5) is 5.69 Å². The second kappa shape index (κ2) is 10.6. The maximum atomic E-state index is 11.2. The largest absolute Gasteiger partial charge is 0.269 e. The average Bonchev–Trinajstić information content (AvgIpc) is 2.81. The molecule has 9 heteroatoms. The molecule has 0 aliphatic carbocycles. The summed E-state index contributed by atoms with van der Waals surface area (Å²) in [5.74, 6) is 0. The van der Waals surface area contributed by atoms with E-state index in [4.69, 9.17) is 18.6 Å². The van der Waals surface area contributed by atoms with Gasteiger partial charge in [-0.2, -0.15) is 0 Å². The predicted molar refractivity (Wildman–Crippen MR) is 118 cm³/mol. The Morgan fingerprint density at radius 2 is 0.788 bits per heavy atom. The quantitative estimate of drug-likeness (QED) is 0.212. The van der Waals surface area contributed by atoms with Crippen LogP contribution in [0.25, 0.3) is 0 Å². The minimum absolute atomic E-state index is 0.107. The zero-order valence-electron chi connectivity index (χ0n) is 17.2. The van der Waals surface area contributed by atoms with E-state index in [1.807, 2.05) is 30.3 Å². The molecular weight excluding hydrogens is 465 g/mol. The summed E-state index contributed by atoms with van der Waals surface area (Å²) in [6.45, 7) is 0. The van der Waals surface area contributed by atoms with E-state index in [0.717, 1.165) is 5.30 Å². The Hall–Kier alpha value is -3.16. The standard InChI is InChI=1S/C24H19NO2P.ClHO4/c26-25(27)20-16-18-24(19-17-20)28(21-10-4-1-5-11-21,22-12-6-2-7-13-22)23-14-8-3-9-15-23;2-1(3,4)5/h1-19H;(H,2,3,4,5)/q+1;/p-1. The molecule has 0 spiro atoms. The van der Waals surface area contributed by atoms with Crippen LogP contribution < -0.4 is 39.9 Å². The lowest BCUT2D eigenvalue weighted by atomic mass is 10.3. The zero-order chi connectivity index (χ0) is 23.9. The lowest BCUT2D eigenvalue weighted by Gasteiger charge is -2.27. The van der Waals surface area contributed by atoms with Gasteiger partial charge in [0.1, 0.15) is 28.5 Å². The van der Waals surface area contributed by atoms with Crippen molar-refractivity contribution in [1.29, 1.82) is 0 Å². The molecule has 0 saturated carbocycles. The molecule has 0 N–H and O–H groups in total.